The van der Waals surface area contributed by atoms with Gasteiger partial charge in [-0.15, -0.1) is 0 Å². The average molecular weight is 326 g/mol. The molecular formula is C11H11BrF3NO2. The van der Waals surface area contributed by atoms with Crippen LogP contribution >= 0.6 is 15.9 Å². The summed E-state index contributed by atoms with van der Waals surface area (Å²) in [7, 11) is 0. The highest BCUT2D eigenvalue weighted by molar-refractivity contribution is 9.10. The molecule has 0 saturated heterocycles. The van der Waals surface area contributed by atoms with Gasteiger partial charge in [0.25, 0.3) is 0 Å². The highest BCUT2D eigenvalue weighted by atomic mass is 79.9. The molecule has 0 saturated carbocycles. The van der Waals surface area contributed by atoms with Crippen molar-refractivity contribution in [2.24, 2.45) is 0 Å². The number of rotatable bonds is 3. The molecule has 0 fully saturated rings. The van der Waals surface area contributed by atoms with Crippen molar-refractivity contribution in [1.82, 2.24) is 0 Å². The molecule has 0 aromatic heterocycles. The SMILES string of the molecule is CCOC(=O)Cc1ccc(C(F)(F)F)c(Br)c1N. The Labute approximate surface area is 110 Å². The van der Waals surface area contributed by atoms with Crippen molar-refractivity contribution in [3.8, 4) is 0 Å². The summed E-state index contributed by atoms with van der Waals surface area (Å²) in [6, 6.07) is 2.06. The van der Waals surface area contributed by atoms with Crippen molar-refractivity contribution in [2.45, 2.75) is 19.5 Å². The van der Waals surface area contributed by atoms with Gasteiger partial charge < -0.3 is 10.5 Å². The molecule has 0 atom stereocenters. The summed E-state index contributed by atoms with van der Waals surface area (Å²) >= 11 is 2.80. The monoisotopic (exact) mass is 325 g/mol. The molecule has 1 aromatic carbocycles. The Morgan fingerprint density at radius 2 is 2.06 bits per heavy atom. The second kappa shape index (κ2) is 5.60. The summed E-state index contributed by atoms with van der Waals surface area (Å²) in [5, 5.41) is 0. The van der Waals surface area contributed by atoms with E-state index in [2.05, 4.69) is 15.9 Å². The zero-order valence-corrected chi connectivity index (χ0v) is 11.1. The van der Waals surface area contributed by atoms with Crippen LogP contribution < -0.4 is 5.73 Å². The van der Waals surface area contributed by atoms with Crippen molar-refractivity contribution in [2.75, 3.05) is 12.3 Å². The number of anilines is 1. The zero-order chi connectivity index (χ0) is 13.9. The fourth-order valence-corrected chi connectivity index (χ4v) is 1.99. The van der Waals surface area contributed by atoms with Crippen LogP contribution in [0.3, 0.4) is 0 Å². The van der Waals surface area contributed by atoms with E-state index in [1.54, 1.807) is 6.92 Å². The number of hydrogen-bond acceptors (Lipinski definition) is 3. The van der Waals surface area contributed by atoms with Gasteiger partial charge >= 0.3 is 12.1 Å². The molecule has 0 heterocycles. The molecule has 0 bridgehead atoms. The quantitative estimate of drug-likeness (QED) is 0.686. The van der Waals surface area contributed by atoms with Gasteiger partial charge in [-0.05, 0) is 34.5 Å². The Bertz CT molecular complexity index is 460. The Morgan fingerprint density at radius 3 is 2.56 bits per heavy atom. The van der Waals surface area contributed by atoms with Gasteiger partial charge in [0.15, 0.2) is 0 Å². The van der Waals surface area contributed by atoms with Crippen LogP contribution in [0.1, 0.15) is 18.1 Å². The number of alkyl halides is 3. The van der Waals surface area contributed by atoms with Gasteiger partial charge in [0, 0.05) is 0 Å². The molecule has 0 aliphatic carbocycles. The summed E-state index contributed by atoms with van der Waals surface area (Å²) in [5.41, 5.74) is 4.90. The summed E-state index contributed by atoms with van der Waals surface area (Å²) in [4.78, 5) is 11.2. The molecule has 7 heteroatoms. The van der Waals surface area contributed by atoms with Crippen molar-refractivity contribution in [1.29, 1.82) is 0 Å². The largest absolute Gasteiger partial charge is 0.466 e. The van der Waals surface area contributed by atoms with Crippen LogP contribution in [0.2, 0.25) is 0 Å². The van der Waals surface area contributed by atoms with E-state index >= 15 is 0 Å². The molecule has 2 N–H and O–H groups in total. The molecule has 1 rings (SSSR count). The first kappa shape index (κ1) is 14.8. The van der Waals surface area contributed by atoms with Gasteiger partial charge in [-0.3, -0.25) is 4.79 Å². The van der Waals surface area contributed by atoms with Gasteiger partial charge in [0.1, 0.15) is 0 Å². The number of carbonyl (C=O) groups excluding carboxylic acids is 1. The minimum absolute atomic E-state index is 0.0992. The van der Waals surface area contributed by atoms with Gasteiger partial charge in [-0.1, -0.05) is 6.07 Å². The number of halogens is 4. The molecule has 0 aliphatic rings. The summed E-state index contributed by atoms with van der Waals surface area (Å²) in [5.74, 6) is -0.532. The van der Waals surface area contributed by atoms with E-state index in [9.17, 15) is 18.0 Å². The third kappa shape index (κ3) is 3.38. The maximum absolute atomic E-state index is 12.6. The number of nitrogens with two attached hydrogens (primary N) is 1. The number of esters is 1. The van der Waals surface area contributed by atoms with E-state index in [1.165, 1.54) is 6.07 Å². The Kier molecular flexibility index (Phi) is 4.61. The first-order valence-corrected chi connectivity index (χ1v) is 5.86. The van der Waals surface area contributed by atoms with Crippen LogP contribution in [-0.2, 0) is 22.1 Å². The number of nitrogen functional groups attached to an aromatic ring is 1. The highest BCUT2D eigenvalue weighted by Crippen LogP contribution is 2.38. The molecule has 0 aliphatic heterocycles. The Hall–Kier alpha value is -1.24. The lowest BCUT2D eigenvalue weighted by molar-refractivity contribution is -0.142. The molecule has 0 amide bonds. The van der Waals surface area contributed by atoms with E-state index in [0.29, 0.717) is 5.56 Å². The number of hydrogen-bond donors (Lipinski definition) is 1. The van der Waals surface area contributed by atoms with Crippen molar-refractivity contribution in [3.63, 3.8) is 0 Å². The molecular weight excluding hydrogens is 315 g/mol. The lowest BCUT2D eigenvalue weighted by atomic mass is 10.1. The molecule has 100 valence electrons. The minimum Gasteiger partial charge on any atom is -0.466 e. The van der Waals surface area contributed by atoms with E-state index in [0.717, 1.165) is 6.07 Å². The summed E-state index contributed by atoms with van der Waals surface area (Å²) in [6.07, 6.45) is -4.65. The normalized spacial score (nSPS) is 11.4. The van der Waals surface area contributed by atoms with Gasteiger partial charge in [0.05, 0.1) is 28.8 Å². The molecule has 0 unspecified atom stereocenters. The first-order chi connectivity index (χ1) is 8.27. The minimum atomic E-state index is -4.49. The summed E-state index contributed by atoms with van der Waals surface area (Å²) < 4.78 is 42.2. The standard InChI is InChI=1S/C11H11BrF3NO2/c1-2-18-8(17)5-6-3-4-7(11(13,14)15)9(12)10(6)16/h3-4H,2,5,16H2,1H3. The van der Waals surface area contributed by atoms with E-state index < -0.39 is 17.7 Å². The number of benzene rings is 1. The number of carbonyl (C=O) groups is 1. The molecule has 18 heavy (non-hydrogen) atoms. The fraction of sp³-hybridized carbons (Fsp3) is 0.364. The predicted molar refractivity (Wildman–Crippen MR) is 63.9 cm³/mol. The van der Waals surface area contributed by atoms with Crippen LogP contribution in [0.4, 0.5) is 18.9 Å². The number of ether oxygens (including phenoxy) is 1. The predicted octanol–water partition coefficient (Wildman–Crippen LogP) is 3.16. The van der Waals surface area contributed by atoms with Crippen molar-refractivity contribution < 1.29 is 22.7 Å². The van der Waals surface area contributed by atoms with E-state index in [4.69, 9.17) is 10.5 Å². The second-order valence-electron chi connectivity index (χ2n) is 3.48. The third-order valence-corrected chi connectivity index (χ3v) is 3.07. The van der Waals surface area contributed by atoms with Crippen molar-refractivity contribution in [3.05, 3.63) is 27.7 Å². The summed E-state index contributed by atoms with van der Waals surface area (Å²) in [6.45, 7) is 1.85. The lowest BCUT2D eigenvalue weighted by Gasteiger charge is -2.13. The molecule has 0 radical (unpaired) electrons. The van der Waals surface area contributed by atoms with E-state index in [-0.39, 0.29) is 23.2 Å². The van der Waals surface area contributed by atoms with Crippen LogP contribution in [0.15, 0.2) is 16.6 Å². The average Bonchev–Trinajstić information content (AvgIpc) is 2.23. The van der Waals surface area contributed by atoms with Crippen LogP contribution in [0.5, 0.6) is 0 Å². The fourth-order valence-electron chi connectivity index (χ4n) is 1.37. The zero-order valence-electron chi connectivity index (χ0n) is 9.47. The third-order valence-electron chi connectivity index (χ3n) is 2.22. The Balaban J connectivity index is 3.05. The van der Waals surface area contributed by atoms with Gasteiger partial charge in [-0.25, -0.2) is 0 Å². The first-order valence-electron chi connectivity index (χ1n) is 5.07. The van der Waals surface area contributed by atoms with E-state index in [1.807, 2.05) is 0 Å². The molecule has 1 aromatic rings. The maximum Gasteiger partial charge on any atom is 0.417 e. The highest BCUT2D eigenvalue weighted by Gasteiger charge is 2.34. The second-order valence-corrected chi connectivity index (χ2v) is 4.27. The molecule has 3 nitrogen and oxygen atoms in total. The molecule has 0 spiro atoms. The lowest BCUT2D eigenvalue weighted by Crippen LogP contribution is -2.12. The van der Waals surface area contributed by atoms with Gasteiger partial charge in [-0.2, -0.15) is 13.2 Å². The van der Waals surface area contributed by atoms with Crippen LogP contribution in [0, 0.1) is 0 Å². The van der Waals surface area contributed by atoms with Crippen LogP contribution in [-0.4, -0.2) is 12.6 Å². The van der Waals surface area contributed by atoms with Crippen molar-refractivity contribution >= 4 is 27.6 Å². The smallest absolute Gasteiger partial charge is 0.417 e. The Morgan fingerprint density at radius 1 is 1.44 bits per heavy atom. The maximum atomic E-state index is 12.6. The topological polar surface area (TPSA) is 52.3 Å². The van der Waals surface area contributed by atoms with Gasteiger partial charge in [0.2, 0.25) is 0 Å². The van der Waals surface area contributed by atoms with Crippen LogP contribution in [0.25, 0.3) is 0 Å².